The van der Waals surface area contributed by atoms with Crippen LogP contribution in [0.1, 0.15) is 40.1 Å². The van der Waals surface area contributed by atoms with Gasteiger partial charge in [-0.2, -0.15) is 0 Å². The lowest BCUT2D eigenvalue weighted by molar-refractivity contribution is 0.0941. The smallest absolute Gasteiger partial charge is 0.255 e. The van der Waals surface area contributed by atoms with Crippen molar-refractivity contribution in [2.24, 2.45) is 0 Å². The van der Waals surface area contributed by atoms with E-state index in [1.165, 1.54) is 0 Å². The summed E-state index contributed by atoms with van der Waals surface area (Å²) in [4.78, 5) is 24.0. The fraction of sp³-hybridized carbons (Fsp3) is 0.222. The van der Waals surface area contributed by atoms with Gasteiger partial charge in [0.25, 0.3) is 11.8 Å². The zero-order valence-corrected chi connectivity index (χ0v) is 13.0. The van der Waals surface area contributed by atoms with Crippen LogP contribution in [-0.4, -0.2) is 17.9 Å². The largest absolute Gasteiger partial charge is 0.350 e. The Morgan fingerprint density at radius 1 is 0.818 bits per heavy atom. The Balaban J connectivity index is 2.05. The van der Waals surface area contributed by atoms with E-state index in [0.717, 1.165) is 11.3 Å². The first-order chi connectivity index (χ1) is 10.5. The Bertz CT molecular complexity index is 658. The molecular formula is C18H20N2O2. The highest BCUT2D eigenvalue weighted by Gasteiger charge is 2.09. The van der Waals surface area contributed by atoms with E-state index in [1.54, 1.807) is 24.3 Å². The quantitative estimate of drug-likeness (QED) is 0.908. The van der Waals surface area contributed by atoms with Gasteiger partial charge in [0.05, 0.1) is 0 Å². The second kappa shape index (κ2) is 6.89. The number of amides is 2. The van der Waals surface area contributed by atoms with Gasteiger partial charge < -0.3 is 10.6 Å². The van der Waals surface area contributed by atoms with Crippen molar-refractivity contribution in [3.8, 4) is 0 Å². The van der Waals surface area contributed by atoms with Crippen LogP contribution in [-0.2, 0) is 0 Å². The first-order valence-electron chi connectivity index (χ1n) is 7.24. The first kappa shape index (κ1) is 15.8. The summed E-state index contributed by atoms with van der Waals surface area (Å²) in [5.41, 5.74) is 2.94. The topological polar surface area (TPSA) is 58.2 Å². The van der Waals surface area contributed by atoms with Gasteiger partial charge in [-0.25, -0.2) is 0 Å². The molecule has 4 heteroatoms. The minimum absolute atomic E-state index is 0.0806. The Kier molecular flexibility index (Phi) is 4.94. The number of benzene rings is 2. The molecule has 4 nitrogen and oxygen atoms in total. The minimum Gasteiger partial charge on any atom is -0.350 e. The van der Waals surface area contributed by atoms with E-state index in [1.807, 2.05) is 45.0 Å². The summed E-state index contributed by atoms with van der Waals surface area (Å²) < 4.78 is 0. The highest BCUT2D eigenvalue weighted by atomic mass is 16.2. The van der Waals surface area contributed by atoms with Gasteiger partial charge in [-0.15, -0.1) is 0 Å². The summed E-state index contributed by atoms with van der Waals surface area (Å²) >= 11 is 0. The predicted molar refractivity (Wildman–Crippen MR) is 88.2 cm³/mol. The fourth-order valence-corrected chi connectivity index (χ4v) is 1.96. The molecule has 2 amide bonds. The van der Waals surface area contributed by atoms with Gasteiger partial charge in [-0.1, -0.05) is 17.7 Å². The highest BCUT2D eigenvalue weighted by Crippen LogP contribution is 2.11. The summed E-state index contributed by atoms with van der Waals surface area (Å²) in [6.07, 6.45) is 0. The van der Waals surface area contributed by atoms with Gasteiger partial charge in [0.2, 0.25) is 0 Å². The number of anilines is 1. The number of hydrogen-bond acceptors (Lipinski definition) is 2. The van der Waals surface area contributed by atoms with E-state index in [0.29, 0.717) is 11.1 Å². The minimum atomic E-state index is -0.195. The van der Waals surface area contributed by atoms with Gasteiger partial charge in [0.1, 0.15) is 0 Å². The Morgan fingerprint density at radius 2 is 1.32 bits per heavy atom. The van der Waals surface area contributed by atoms with Crippen LogP contribution in [0, 0.1) is 6.92 Å². The first-order valence-corrected chi connectivity index (χ1v) is 7.24. The third-order valence-corrected chi connectivity index (χ3v) is 3.14. The van der Waals surface area contributed by atoms with E-state index < -0.39 is 0 Å². The lowest BCUT2D eigenvalue weighted by atomic mass is 10.1. The number of aryl methyl sites for hydroxylation is 1. The van der Waals surface area contributed by atoms with E-state index in [9.17, 15) is 9.59 Å². The molecule has 2 rings (SSSR count). The Hall–Kier alpha value is -2.62. The van der Waals surface area contributed by atoms with Gasteiger partial charge in [0, 0.05) is 22.9 Å². The van der Waals surface area contributed by atoms with E-state index in [-0.39, 0.29) is 17.9 Å². The number of carbonyl (C=O) groups is 2. The zero-order chi connectivity index (χ0) is 16.1. The summed E-state index contributed by atoms with van der Waals surface area (Å²) in [6.45, 7) is 5.80. The molecule has 2 N–H and O–H groups in total. The summed E-state index contributed by atoms with van der Waals surface area (Å²) in [5, 5.41) is 5.64. The third-order valence-electron chi connectivity index (χ3n) is 3.14. The molecule has 0 aliphatic carbocycles. The van der Waals surface area contributed by atoms with Crippen molar-refractivity contribution in [3.63, 3.8) is 0 Å². The van der Waals surface area contributed by atoms with Gasteiger partial charge >= 0.3 is 0 Å². The molecule has 0 fully saturated rings. The average molecular weight is 296 g/mol. The molecule has 0 aliphatic rings. The Morgan fingerprint density at radius 3 is 1.82 bits per heavy atom. The van der Waals surface area contributed by atoms with Crippen molar-refractivity contribution < 1.29 is 9.59 Å². The van der Waals surface area contributed by atoms with Crippen molar-refractivity contribution in [1.29, 1.82) is 0 Å². The zero-order valence-electron chi connectivity index (χ0n) is 13.0. The summed E-state index contributed by atoms with van der Waals surface area (Å²) in [6, 6.07) is 14.3. The summed E-state index contributed by atoms with van der Waals surface area (Å²) in [5.74, 6) is -0.333. The molecule has 2 aromatic rings. The molecule has 0 bridgehead atoms. The normalized spacial score (nSPS) is 10.4. The van der Waals surface area contributed by atoms with Gasteiger partial charge in [-0.05, 0) is 57.2 Å². The molecule has 2 aromatic carbocycles. The van der Waals surface area contributed by atoms with E-state index in [4.69, 9.17) is 0 Å². The average Bonchev–Trinajstić information content (AvgIpc) is 2.49. The van der Waals surface area contributed by atoms with Crippen LogP contribution in [0.4, 0.5) is 5.69 Å². The lowest BCUT2D eigenvalue weighted by Crippen LogP contribution is -2.30. The molecule has 0 unspecified atom stereocenters. The van der Waals surface area contributed by atoms with Crippen LogP contribution in [0.2, 0.25) is 0 Å². The third kappa shape index (κ3) is 4.19. The van der Waals surface area contributed by atoms with E-state index >= 15 is 0 Å². The monoisotopic (exact) mass is 296 g/mol. The van der Waals surface area contributed by atoms with Gasteiger partial charge in [-0.3, -0.25) is 9.59 Å². The molecule has 0 saturated carbocycles. The molecule has 114 valence electrons. The second-order valence-corrected chi connectivity index (χ2v) is 5.53. The van der Waals surface area contributed by atoms with Crippen LogP contribution in [0.5, 0.6) is 0 Å². The van der Waals surface area contributed by atoms with Crippen molar-refractivity contribution in [2.75, 3.05) is 5.32 Å². The molecule has 0 radical (unpaired) electrons. The molecule has 22 heavy (non-hydrogen) atoms. The number of rotatable bonds is 4. The number of hydrogen-bond donors (Lipinski definition) is 2. The molecule has 0 saturated heterocycles. The van der Waals surface area contributed by atoms with Crippen LogP contribution in [0.15, 0.2) is 48.5 Å². The molecule has 0 aromatic heterocycles. The van der Waals surface area contributed by atoms with Gasteiger partial charge in [0.15, 0.2) is 0 Å². The van der Waals surface area contributed by atoms with Crippen LogP contribution < -0.4 is 10.6 Å². The second-order valence-electron chi connectivity index (χ2n) is 5.53. The predicted octanol–water partition coefficient (Wildman–Crippen LogP) is 3.39. The molecule has 0 atom stereocenters. The van der Waals surface area contributed by atoms with Crippen LogP contribution in [0.25, 0.3) is 0 Å². The van der Waals surface area contributed by atoms with Crippen LogP contribution >= 0.6 is 0 Å². The van der Waals surface area contributed by atoms with Crippen molar-refractivity contribution >= 4 is 17.5 Å². The highest BCUT2D eigenvalue weighted by molar-refractivity contribution is 6.05. The molecule has 0 spiro atoms. The van der Waals surface area contributed by atoms with Crippen molar-refractivity contribution in [1.82, 2.24) is 5.32 Å². The SMILES string of the molecule is Cc1ccc(NC(=O)c2ccc(C(=O)NC(C)C)cc2)cc1. The maximum atomic E-state index is 12.1. The maximum Gasteiger partial charge on any atom is 0.255 e. The fourth-order valence-electron chi connectivity index (χ4n) is 1.96. The Labute approximate surface area is 130 Å². The van der Waals surface area contributed by atoms with Crippen molar-refractivity contribution in [3.05, 3.63) is 65.2 Å². The maximum absolute atomic E-state index is 12.1. The van der Waals surface area contributed by atoms with Crippen LogP contribution in [0.3, 0.4) is 0 Å². The summed E-state index contributed by atoms with van der Waals surface area (Å²) in [7, 11) is 0. The number of nitrogens with one attached hydrogen (secondary N) is 2. The number of carbonyl (C=O) groups excluding carboxylic acids is 2. The standard InChI is InChI=1S/C18H20N2O2/c1-12(2)19-17(21)14-6-8-15(9-7-14)18(22)20-16-10-4-13(3)5-11-16/h4-12H,1-3H3,(H,19,21)(H,20,22). The van der Waals surface area contributed by atoms with Crippen molar-refractivity contribution in [2.45, 2.75) is 26.8 Å². The lowest BCUT2D eigenvalue weighted by Gasteiger charge is -2.09. The molecule has 0 aliphatic heterocycles. The van der Waals surface area contributed by atoms with E-state index in [2.05, 4.69) is 10.6 Å². The molecular weight excluding hydrogens is 276 g/mol. The molecule has 0 heterocycles.